The van der Waals surface area contributed by atoms with Crippen molar-refractivity contribution in [3.63, 3.8) is 0 Å². The number of hydrogen-bond donors (Lipinski definition) is 2. The van der Waals surface area contributed by atoms with Crippen LogP contribution < -0.4 is 5.32 Å². The van der Waals surface area contributed by atoms with Crippen LogP contribution >= 0.6 is 12.2 Å². The molecule has 1 heterocycles. The van der Waals surface area contributed by atoms with Gasteiger partial charge in [0.2, 0.25) is 5.91 Å². The van der Waals surface area contributed by atoms with E-state index in [1.165, 1.54) is 0 Å². The third-order valence-corrected chi connectivity index (χ3v) is 3.06. The summed E-state index contributed by atoms with van der Waals surface area (Å²) in [5.74, 6) is -1.13. The number of aliphatic carboxylic acids is 1. The quantitative estimate of drug-likeness (QED) is 0.696. The number of thiocarbonyl (C=S) groups is 1. The highest BCUT2D eigenvalue weighted by molar-refractivity contribution is 7.80. The maximum atomic E-state index is 11.1. The van der Waals surface area contributed by atoms with Gasteiger partial charge in [-0.05, 0) is 25.1 Å². The molecule has 1 saturated heterocycles. The van der Waals surface area contributed by atoms with Gasteiger partial charge in [0.05, 0.1) is 5.92 Å². The molecule has 1 amide bonds. The Morgan fingerprint density at radius 2 is 2.00 bits per heavy atom. The summed E-state index contributed by atoms with van der Waals surface area (Å²) in [6, 6.07) is 0. The molecule has 0 aromatic rings. The molecule has 16 heavy (non-hydrogen) atoms. The summed E-state index contributed by atoms with van der Waals surface area (Å²) >= 11 is 5.07. The average Bonchev–Trinajstić information content (AvgIpc) is 2.28. The molecule has 0 saturated carbocycles. The molecule has 0 aliphatic carbocycles. The van der Waals surface area contributed by atoms with Crippen molar-refractivity contribution in [1.82, 2.24) is 10.2 Å². The van der Waals surface area contributed by atoms with Crippen LogP contribution in [0.15, 0.2) is 0 Å². The minimum Gasteiger partial charge on any atom is -0.481 e. The monoisotopic (exact) mass is 244 g/mol. The first-order valence-corrected chi connectivity index (χ1v) is 5.77. The summed E-state index contributed by atoms with van der Waals surface area (Å²) in [6.07, 6.45) is 1.56. The van der Waals surface area contributed by atoms with Crippen LogP contribution in [0, 0.1) is 5.92 Å². The van der Waals surface area contributed by atoms with Crippen molar-refractivity contribution in [3.8, 4) is 0 Å². The average molecular weight is 244 g/mol. The van der Waals surface area contributed by atoms with Gasteiger partial charge in [-0.1, -0.05) is 6.92 Å². The van der Waals surface area contributed by atoms with E-state index in [2.05, 4.69) is 5.32 Å². The molecule has 0 atom stereocenters. The Bertz CT molecular complexity index is 298. The molecule has 0 bridgehead atoms. The highest BCUT2D eigenvalue weighted by atomic mass is 32.1. The summed E-state index contributed by atoms with van der Waals surface area (Å²) in [7, 11) is 0. The van der Waals surface area contributed by atoms with Gasteiger partial charge in [-0.3, -0.25) is 9.59 Å². The Morgan fingerprint density at radius 3 is 2.44 bits per heavy atom. The number of carbonyl (C=O) groups is 2. The van der Waals surface area contributed by atoms with Gasteiger partial charge in [0.25, 0.3) is 0 Å². The van der Waals surface area contributed by atoms with E-state index < -0.39 is 5.97 Å². The molecule has 0 spiro atoms. The van der Waals surface area contributed by atoms with Crippen LogP contribution in [0.25, 0.3) is 0 Å². The van der Waals surface area contributed by atoms with Crippen molar-refractivity contribution in [2.75, 3.05) is 13.1 Å². The number of rotatable bonds is 2. The van der Waals surface area contributed by atoms with Crippen LogP contribution in [-0.4, -0.2) is 40.1 Å². The predicted octanol–water partition coefficient (Wildman–Crippen LogP) is 0.594. The molecule has 2 N–H and O–H groups in total. The second-order valence-electron chi connectivity index (χ2n) is 3.81. The highest BCUT2D eigenvalue weighted by Gasteiger charge is 2.25. The molecule has 5 nitrogen and oxygen atoms in total. The predicted molar refractivity (Wildman–Crippen MR) is 63.0 cm³/mol. The van der Waals surface area contributed by atoms with Gasteiger partial charge in [-0.2, -0.15) is 0 Å². The zero-order valence-electron chi connectivity index (χ0n) is 9.23. The minimum atomic E-state index is -0.747. The van der Waals surface area contributed by atoms with Crippen molar-refractivity contribution < 1.29 is 14.7 Å². The van der Waals surface area contributed by atoms with Gasteiger partial charge in [-0.25, -0.2) is 0 Å². The van der Waals surface area contributed by atoms with Crippen LogP contribution in [0.4, 0.5) is 0 Å². The summed E-state index contributed by atoms with van der Waals surface area (Å²) < 4.78 is 0. The first-order chi connectivity index (χ1) is 7.54. The second-order valence-corrected chi connectivity index (χ2v) is 4.19. The summed E-state index contributed by atoms with van der Waals surface area (Å²) in [5, 5.41) is 11.9. The Balaban J connectivity index is 2.38. The Kier molecular flexibility index (Phi) is 4.67. The molecule has 6 heteroatoms. The van der Waals surface area contributed by atoms with E-state index in [-0.39, 0.29) is 11.8 Å². The second kappa shape index (κ2) is 5.79. The molecule has 0 aromatic heterocycles. The number of piperidine rings is 1. The molecule has 1 rings (SSSR count). The first-order valence-electron chi connectivity index (χ1n) is 5.36. The van der Waals surface area contributed by atoms with Crippen molar-refractivity contribution in [1.29, 1.82) is 0 Å². The molecule has 1 aliphatic heterocycles. The van der Waals surface area contributed by atoms with E-state index in [0.29, 0.717) is 37.5 Å². The lowest BCUT2D eigenvalue weighted by Crippen LogP contribution is -2.46. The van der Waals surface area contributed by atoms with E-state index >= 15 is 0 Å². The van der Waals surface area contributed by atoms with Crippen LogP contribution in [0.5, 0.6) is 0 Å². The van der Waals surface area contributed by atoms with Gasteiger partial charge in [-0.15, -0.1) is 0 Å². The molecule has 0 unspecified atom stereocenters. The number of nitrogens with one attached hydrogen (secondary N) is 1. The standard InChI is InChI=1S/C10H16N2O3S/c1-2-8(13)11-10(16)12-5-3-7(4-6-12)9(14)15/h7H,2-6H2,1H3,(H,14,15)(H,11,13,16). The Labute approximate surface area is 99.8 Å². The minimum absolute atomic E-state index is 0.106. The molecule has 0 aromatic carbocycles. The molecule has 90 valence electrons. The first kappa shape index (κ1) is 12.9. The largest absolute Gasteiger partial charge is 0.481 e. The van der Waals surface area contributed by atoms with Gasteiger partial charge < -0.3 is 15.3 Å². The maximum Gasteiger partial charge on any atom is 0.306 e. The number of carboxylic acids is 1. The SMILES string of the molecule is CCC(=O)NC(=S)N1CCC(C(=O)O)CC1. The van der Waals surface area contributed by atoms with Crippen molar-refractivity contribution in [3.05, 3.63) is 0 Å². The zero-order chi connectivity index (χ0) is 12.1. The fourth-order valence-corrected chi connectivity index (χ4v) is 1.91. The fraction of sp³-hybridized carbons (Fsp3) is 0.700. The van der Waals surface area contributed by atoms with Crippen molar-refractivity contribution >= 4 is 29.2 Å². The fourth-order valence-electron chi connectivity index (χ4n) is 1.62. The Hall–Kier alpha value is -1.17. The van der Waals surface area contributed by atoms with E-state index in [1.54, 1.807) is 6.92 Å². The molecular formula is C10H16N2O3S. The molecule has 0 radical (unpaired) electrons. The van der Waals surface area contributed by atoms with E-state index in [0.717, 1.165) is 0 Å². The summed E-state index contributed by atoms with van der Waals surface area (Å²) in [6.45, 7) is 2.95. The van der Waals surface area contributed by atoms with E-state index in [1.807, 2.05) is 4.90 Å². The summed E-state index contributed by atoms with van der Waals surface area (Å²) in [4.78, 5) is 23.7. The summed E-state index contributed by atoms with van der Waals surface area (Å²) in [5.41, 5.74) is 0. The smallest absolute Gasteiger partial charge is 0.306 e. The van der Waals surface area contributed by atoms with Crippen molar-refractivity contribution in [2.45, 2.75) is 26.2 Å². The van der Waals surface area contributed by atoms with Crippen LogP contribution in [0.2, 0.25) is 0 Å². The van der Waals surface area contributed by atoms with Gasteiger partial charge in [0, 0.05) is 19.5 Å². The van der Waals surface area contributed by atoms with Gasteiger partial charge in [0.15, 0.2) is 5.11 Å². The molecule has 1 fully saturated rings. The number of carbonyl (C=O) groups excluding carboxylic acids is 1. The van der Waals surface area contributed by atoms with E-state index in [9.17, 15) is 9.59 Å². The molecular weight excluding hydrogens is 228 g/mol. The normalized spacial score (nSPS) is 16.9. The lowest BCUT2D eigenvalue weighted by molar-refractivity contribution is -0.143. The lowest BCUT2D eigenvalue weighted by Gasteiger charge is -2.31. The number of carboxylic acid groups (broad SMARTS) is 1. The topological polar surface area (TPSA) is 69.6 Å². The van der Waals surface area contributed by atoms with Crippen LogP contribution in [0.1, 0.15) is 26.2 Å². The van der Waals surface area contributed by atoms with Gasteiger partial charge in [0.1, 0.15) is 0 Å². The zero-order valence-corrected chi connectivity index (χ0v) is 10.0. The number of amides is 1. The van der Waals surface area contributed by atoms with Crippen LogP contribution in [-0.2, 0) is 9.59 Å². The Morgan fingerprint density at radius 1 is 1.44 bits per heavy atom. The highest BCUT2D eigenvalue weighted by Crippen LogP contribution is 2.17. The van der Waals surface area contributed by atoms with Crippen LogP contribution in [0.3, 0.4) is 0 Å². The number of hydrogen-bond acceptors (Lipinski definition) is 3. The van der Waals surface area contributed by atoms with Gasteiger partial charge >= 0.3 is 5.97 Å². The lowest BCUT2D eigenvalue weighted by atomic mass is 9.97. The third kappa shape index (κ3) is 3.44. The molecule has 1 aliphatic rings. The van der Waals surface area contributed by atoms with E-state index in [4.69, 9.17) is 17.3 Å². The number of nitrogens with zero attached hydrogens (tertiary/aromatic N) is 1. The third-order valence-electron chi connectivity index (χ3n) is 2.70. The number of likely N-dealkylation sites (tertiary alicyclic amines) is 1. The maximum absolute atomic E-state index is 11.1. The van der Waals surface area contributed by atoms with Crippen molar-refractivity contribution in [2.24, 2.45) is 5.92 Å².